The van der Waals surface area contributed by atoms with Gasteiger partial charge in [-0.3, -0.25) is 0 Å². The molecule has 0 aromatic carbocycles. The summed E-state index contributed by atoms with van der Waals surface area (Å²) in [7, 11) is 0. The van der Waals surface area contributed by atoms with Gasteiger partial charge in [-0.25, -0.2) is 4.98 Å². The second-order valence-corrected chi connectivity index (χ2v) is 3.57. The minimum absolute atomic E-state index is 0.0134. The first-order valence-electron chi connectivity index (χ1n) is 3.58. The summed E-state index contributed by atoms with van der Waals surface area (Å²) in [5, 5.41) is -0.0353. The van der Waals surface area contributed by atoms with Gasteiger partial charge < -0.3 is 4.42 Å². The first kappa shape index (κ1) is 9.51. The highest BCUT2D eigenvalue weighted by Crippen LogP contribution is 2.36. The molecule has 6 heteroatoms. The smallest absolute Gasteiger partial charge is 0.420 e. The maximum atomic E-state index is 12.4. The van der Waals surface area contributed by atoms with Gasteiger partial charge in [0, 0.05) is 10.7 Å². The Morgan fingerprint density at radius 3 is 2.71 bits per heavy atom. The Labute approximate surface area is 84.9 Å². The van der Waals surface area contributed by atoms with E-state index in [0.29, 0.717) is 10.7 Å². The first-order valence-corrected chi connectivity index (χ1v) is 4.38. The third-order valence-corrected chi connectivity index (χ3v) is 2.14. The van der Waals surface area contributed by atoms with Crippen LogP contribution in [0, 0.1) is 0 Å². The number of alkyl halides is 3. The van der Waals surface area contributed by atoms with Gasteiger partial charge in [0.15, 0.2) is 0 Å². The van der Waals surface area contributed by atoms with Gasteiger partial charge in [-0.15, -0.1) is 0 Å². The van der Waals surface area contributed by atoms with Gasteiger partial charge in [0.1, 0.15) is 11.8 Å². The third-order valence-electron chi connectivity index (χ3n) is 1.70. The van der Waals surface area contributed by atoms with Crippen LogP contribution in [0.2, 0.25) is 0 Å². The summed E-state index contributed by atoms with van der Waals surface area (Å²) in [6, 6.07) is 1.33. The Hall–Kier alpha value is -1.04. The standard InChI is InChI=1S/C8H3BrF3NO/c9-4-1-5-6(8(10,11)12)3-14-7(5)13-2-4/h1-3H. The monoisotopic (exact) mass is 265 g/mol. The van der Waals surface area contributed by atoms with Crippen molar-refractivity contribution in [2.75, 3.05) is 0 Å². The number of fused-ring (bicyclic) bond motifs is 1. The summed E-state index contributed by atoms with van der Waals surface area (Å²) in [6.45, 7) is 0. The van der Waals surface area contributed by atoms with Crippen LogP contribution < -0.4 is 0 Å². The lowest BCUT2D eigenvalue weighted by Crippen LogP contribution is -2.03. The van der Waals surface area contributed by atoms with Crippen molar-refractivity contribution in [2.45, 2.75) is 6.18 Å². The molecule has 2 rings (SSSR count). The number of pyridine rings is 1. The highest BCUT2D eigenvalue weighted by molar-refractivity contribution is 9.10. The van der Waals surface area contributed by atoms with Crippen LogP contribution in [-0.4, -0.2) is 4.98 Å². The lowest BCUT2D eigenvalue weighted by Gasteiger charge is -2.02. The number of nitrogens with zero attached hydrogens (tertiary/aromatic N) is 1. The quantitative estimate of drug-likeness (QED) is 0.728. The van der Waals surface area contributed by atoms with Crippen molar-refractivity contribution in [1.29, 1.82) is 0 Å². The van der Waals surface area contributed by atoms with Gasteiger partial charge in [-0.05, 0) is 22.0 Å². The Morgan fingerprint density at radius 2 is 2.07 bits per heavy atom. The predicted molar refractivity (Wildman–Crippen MR) is 46.7 cm³/mol. The fourth-order valence-electron chi connectivity index (χ4n) is 1.11. The van der Waals surface area contributed by atoms with Crippen molar-refractivity contribution in [3.8, 4) is 0 Å². The van der Waals surface area contributed by atoms with Crippen LogP contribution in [0.15, 0.2) is 27.4 Å². The molecule has 0 radical (unpaired) electrons. The molecule has 0 aliphatic carbocycles. The van der Waals surface area contributed by atoms with Crippen molar-refractivity contribution < 1.29 is 17.6 Å². The van der Waals surface area contributed by atoms with Crippen LogP contribution in [-0.2, 0) is 6.18 Å². The molecule has 0 bridgehead atoms. The highest BCUT2D eigenvalue weighted by Gasteiger charge is 2.34. The molecule has 74 valence electrons. The summed E-state index contributed by atoms with van der Waals surface area (Å²) in [5.74, 6) is 0. The second-order valence-electron chi connectivity index (χ2n) is 2.65. The van der Waals surface area contributed by atoms with Crippen LogP contribution >= 0.6 is 15.9 Å². The zero-order chi connectivity index (χ0) is 10.3. The van der Waals surface area contributed by atoms with Crippen molar-refractivity contribution in [3.05, 3.63) is 28.6 Å². The van der Waals surface area contributed by atoms with Crippen molar-refractivity contribution in [3.63, 3.8) is 0 Å². The molecule has 0 unspecified atom stereocenters. The minimum atomic E-state index is -4.41. The van der Waals surface area contributed by atoms with Crippen LogP contribution in [0.3, 0.4) is 0 Å². The molecule has 0 atom stereocenters. The summed E-state index contributed by atoms with van der Waals surface area (Å²) < 4.78 is 42.3. The Morgan fingerprint density at radius 1 is 1.36 bits per heavy atom. The number of aromatic nitrogens is 1. The number of hydrogen-bond acceptors (Lipinski definition) is 2. The van der Waals surface area contributed by atoms with E-state index in [0.717, 1.165) is 0 Å². The zero-order valence-corrected chi connectivity index (χ0v) is 8.19. The fraction of sp³-hybridized carbons (Fsp3) is 0.125. The van der Waals surface area contributed by atoms with E-state index < -0.39 is 11.7 Å². The minimum Gasteiger partial charge on any atom is -0.445 e. The molecule has 0 fully saturated rings. The highest BCUT2D eigenvalue weighted by atomic mass is 79.9. The topological polar surface area (TPSA) is 26.0 Å². The normalized spacial score (nSPS) is 12.3. The van der Waals surface area contributed by atoms with E-state index in [1.807, 2.05) is 0 Å². The van der Waals surface area contributed by atoms with Gasteiger partial charge in [-0.2, -0.15) is 13.2 Å². The van der Waals surface area contributed by atoms with E-state index in [4.69, 9.17) is 0 Å². The summed E-state index contributed by atoms with van der Waals surface area (Å²) in [4.78, 5) is 3.70. The van der Waals surface area contributed by atoms with Gasteiger partial charge >= 0.3 is 6.18 Å². The number of halogens is 4. The molecular weight excluding hydrogens is 263 g/mol. The van der Waals surface area contributed by atoms with Gasteiger partial charge in [0.05, 0.1) is 5.39 Å². The van der Waals surface area contributed by atoms with Gasteiger partial charge in [-0.1, -0.05) is 0 Å². The molecule has 0 spiro atoms. The van der Waals surface area contributed by atoms with E-state index in [2.05, 4.69) is 25.3 Å². The Kier molecular flexibility index (Phi) is 2.02. The van der Waals surface area contributed by atoms with Crippen LogP contribution in [0.1, 0.15) is 5.56 Å². The maximum Gasteiger partial charge on any atom is 0.420 e. The van der Waals surface area contributed by atoms with Crippen molar-refractivity contribution in [2.24, 2.45) is 0 Å². The molecule has 14 heavy (non-hydrogen) atoms. The molecule has 0 N–H and O–H groups in total. The number of hydrogen-bond donors (Lipinski definition) is 0. The van der Waals surface area contributed by atoms with E-state index in [1.54, 1.807) is 0 Å². The molecule has 0 aliphatic rings. The lowest BCUT2D eigenvalue weighted by atomic mass is 10.2. The molecule has 0 amide bonds. The molecule has 2 heterocycles. The average Bonchev–Trinajstić information content (AvgIpc) is 2.45. The lowest BCUT2D eigenvalue weighted by molar-refractivity contribution is -0.136. The fourth-order valence-corrected chi connectivity index (χ4v) is 1.44. The molecule has 2 nitrogen and oxygen atoms in total. The zero-order valence-electron chi connectivity index (χ0n) is 6.60. The summed E-state index contributed by atoms with van der Waals surface area (Å²) in [5.41, 5.74) is -0.818. The third kappa shape index (κ3) is 1.50. The van der Waals surface area contributed by atoms with Gasteiger partial charge in [0.25, 0.3) is 0 Å². The predicted octanol–water partition coefficient (Wildman–Crippen LogP) is 3.61. The van der Waals surface area contributed by atoms with Crippen molar-refractivity contribution >= 4 is 27.0 Å². The van der Waals surface area contributed by atoms with Crippen LogP contribution in [0.25, 0.3) is 11.1 Å². The molecule has 0 aliphatic heterocycles. The molecular formula is C8H3BrF3NO. The number of rotatable bonds is 0. The van der Waals surface area contributed by atoms with E-state index in [9.17, 15) is 13.2 Å². The summed E-state index contributed by atoms with van der Waals surface area (Å²) in [6.07, 6.45) is -2.36. The Bertz CT molecular complexity index is 477. The molecule has 0 saturated carbocycles. The van der Waals surface area contributed by atoms with E-state index in [1.165, 1.54) is 12.3 Å². The molecule has 2 aromatic rings. The largest absolute Gasteiger partial charge is 0.445 e. The van der Waals surface area contributed by atoms with E-state index >= 15 is 0 Å². The van der Waals surface area contributed by atoms with Crippen LogP contribution in [0.4, 0.5) is 13.2 Å². The number of furan rings is 1. The average molecular weight is 266 g/mol. The van der Waals surface area contributed by atoms with Crippen molar-refractivity contribution in [1.82, 2.24) is 4.98 Å². The molecule has 0 saturated heterocycles. The second kappa shape index (κ2) is 2.98. The van der Waals surface area contributed by atoms with E-state index in [-0.39, 0.29) is 11.1 Å². The Balaban J connectivity index is 2.73. The SMILES string of the molecule is FC(F)(F)c1coc2ncc(Br)cc12. The van der Waals surface area contributed by atoms with Crippen LogP contribution in [0.5, 0.6) is 0 Å². The summed E-state index contributed by atoms with van der Waals surface area (Å²) >= 11 is 3.05. The molecule has 2 aromatic heterocycles. The van der Waals surface area contributed by atoms with Gasteiger partial charge in [0.2, 0.25) is 5.71 Å². The first-order chi connectivity index (χ1) is 6.48. The maximum absolute atomic E-state index is 12.4.